The summed E-state index contributed by atoms with van der Waals surface area (Å²) in [6.45, 7) is 1.01. The number of carbonyl (C=O) groups is 1. The number of anilines is 2. The SMILES string of the molecule is CO[C@H]1CC[C@H](CN2C(=O)CNc3ncc(Br)nc32)CC1. The van der Waals surface area contributed by atoms with Gasteiger partial charge in [-0.2, -0.15) is 0 Å². The molecule has 1 aromatic heterocycles. The van der Waals surface area contributed by atoms with Gasteiger partial charge in [0.05, 0.1) is 18.8 Å². The van der Waals surface area contributed by atoms with E-state index in [0.29, 0.717) is 28.3 Å². The Hall–Kier alpha value is -1.21. The number of rotatable bonds is 3. The summed E-state index contributed by atoms with van der Waals surface area (Å²) >= 11 is 3.32. The number of methoxy groups -OCH3 is 1. The van der Waals surface area contributed by atoms with Crippen LogP contribution in [-0.4, -0.2) is 42.2 Å². The zero-order valence-corrected chi connectivity index (χ0v) is 13.6. The van der Waals surface area contributed by atoms with Gasteiger partial charge in [0.1, 0.15) is 4.60 Å². The number of hydrogen-bond donors (Lipinski definition) is 1. The predicted octanol–water partition coefficient (Wildman–Crippen LogP) is 2.20. The van der Waals surface area contributed by atoms with Gasteiger partial charge in [0.2, 0.25) is 5.91 Å². The number of halogens is 1. The van der Waals surface area contributed by atoms with Crippen molar-refractivity contribution in [2.45, 2.75) is 31.8 Å². The van der Waals surface area contributed by atoms with Crippen molar-refractivity contribution in [2.24, 2.45) is 5.92 Å². The van der Waals surface area contributed by atoms with Crippen LogP contribution < -0.4 is 10.2 Å². The van der Waals surface area contributed by atoms with Crippen LogP contribution in [0.2, 0.25) is 0 Å². The van der Waals surface area contributed by atoms with E-state index in [-0.39, 0.29) is 12.5 Å². The fourth-order valence-corrected chi connectivity index (χ4v) is 3.31. The molecule has 0 bridgehead atoms. The summed E-state index contributed by atoms with van der Waals surface area (Å²) in [5.41, 5.74) is 0. The first-order chi connectivity index (χ1) is 10.2. The second kappa shape index (κ2) is 6.27. The summed E-state index contributed by atoms with van der Waals surface area (Å²) in [6, 6.07) is 0. The Bertz CT molecular complexity index is 532. The number of ether oxygens (including phenoxy) is 1. The number of fused-ring (bicyclic) bond motifs is 1. The second-order valence-electron chi connectivity index (χ2n) is 5.60. The molecule has 1 saturated carbocycles. The van der Waals surface area contributed by atoms with Crippen molar-refractivity contribution in [3.63, 3.8) is 0 Å². The molecule has 0 saturated heterocycles. The van der Waals surface area contributed by atoms with Crippen LogP contribution >= 0.6 is 15.9 Å². The molecule has 7 heteroatoms. The first-order valence-corrected chi connectivity index (χ1v) is 8.06. The lowest BCUT2D eigenvalue weighted by atomic mass is 9.87. The monoisotopic (exact) mass is 354 g/mol. The van der Waals surface area contributed by atoms with Gasteiger partial charge in [-0.05, 0) is 47.5 Å². The standard InChI is InChI=1S/C14H19BrN4O2/c1-21-10-4-2-9(3-5-10)8-19-12(20)7-17-13-14(19)18-11(15)6-16-13/h6,9-10H,2-5,7-8H2,1H3,(H,16,17)/t9-,10-. The smallest absolute Gasteiger partial charge is 0.247 e. The van der Waals surface area contributed by atoms with Crippen molar-refractivity contribution in [3.8, 4) is 0 Å². The highest BCUT2D eigenvalue weighted by Gasteiger charge is 2.30. The Morgan fingerprint density at radius 2 is 2.19 bits per heavy atom. The van der Waals surface area contributed by atoms with E-state index in [1.54, 1.807) is 18.2 Å². The predicted molar refractivity (Wildman–Crippen MR) is 83.3 cm³/mol. The molecule has 1 fully saturated rings. The maximum atomic E-state index is 12.2. The minimum absolute atomic E-state index is 0.0590. The molecular weight excluding hydrogens is 336 g/mol. The summed E-state index contributed by atoms with van der Waals surface area (Å²) in [6.07, 6.45) is 6.33. The van der Waals surface area contributed by atoms with Gasteiger partial charge in [-0.3, -0.25) is 9.69 Å². The first kappa shape index (κ1) is 14.7. The van der Waals surface area contributed by atoms with E-state index in [1.807, 2.05) is 0 Å². The molecule has 1 aliphatic heterocycles. The van der Waals surface area contributed by atoms with Crippen LogP contribution in [0.25, 0.3) is 0 Å². The van der Waals surface area contributed by atoms with Gasteiger partial charge in [0.15, 0.2) is 11.6 Å². The second-order valence-corrected chi connectivity index (χ2v) is 6.41. The van der Waals surface area contributed by atoms with E-state index < -0.39 is 0 Å². The number of carbonyl (C=O) groups excluding carboxylic acids is 1. The average molecular weight is 355 g/mol. The van der Waals surface area contributed by atoms with E-state index in [9.17, 15) is 4.79 Å². The Morgan fingerprint density at radius 1 is 1.43 bits per heavy atom. The lowest BCUT2D eigenvalue weighted by Gasteiger charge is -2.34. The third-order valence-electron chi connectivity index (χ3n) is 4.26. The Balaban J connectivity index is 1.73. The molecule has 0 radical (unpaired) electrons. The average Bonchev–Trinajstić information content (AvgIpc) is 2.51. The Morgan fingerprint density at radius 3 is 2.90 bits per heavy atom. The fourth-order valence-electron chi connectivity index (χ4n) is 3.04. The van der Waals surface area contributed by atoms with Gasteiger partial charge in [-0.15, -0.1) is 0 Å². The van der Waals surface area contributed by atoms with E-state index in [0.717, 1.165) is 32.2 Å². The molecule has 1 aliphatic carbocycles. The maximum absolute atomic E-state index is 12.2. The number of aromatic nitrogens is 2. The minimum Gasteiger partial charge on any atom is -0.381 e. The molecule has 114 valence electrons. The van der Waals surface area contributed by atoms with Crippen molar-refractivity contribution >= 4 is 33.5 Å². The minimum atomic E-state index is 0.0590. The van der Waals surface area contributed by atoms with E-state index in [4.69, 9.17) is 4.74 Å². The molecule has 6 nitrogen and oxygen atoms in total. The van der Waals surface area contributed by atoms with Crippen LogP contribution in [0.15, 0.2) is 10.8 Å². The van der Waals surface area contributed by atoms with E-state index >= 15 is 0 Å². The number of amides is 1. The van der Waals surface area contributed by atoms with Gasteiger partial charge in [-0.1, -0.05) is 0 Å². The molecule has 21 heavy (non-hydrogen) atoms. The highest BCUT2D eigenvalue weighted by molar-refractivity contribution is 9.10. The highest BCUT2D eigenvalue weighted by Crippen LogP contribution is 2.31. The van der Waals surface area contributed by atoms with Crippen LogP contribution in [0.3, 0.4) is 0 Å². The number of nitrogens with one attached hydrogen (secondary N) is 1. The summed E-state index contributed by atoms with van der Waals surface area (Å²) in [4.78, 5) is 22.7. The van der Waals surface area contributed by atoms with Crippen molar-refractivity contribution in [1.82, 2.24) is 9.97 Å². The zero-order valence-electron chi connectivity index (χ0n) is 12.0. The van der Waals surface area contributed by atoms with Crippen molar-refractivity contribution in [3.05, 3.63) is 10.8 Å². The molecule has 1 amide bonds. The third kappa shape index (κ3) is 3.18. The summed E-state index contributed by atoms with van der Waals surface area (Å²) < 4.78 is 6.05. The van der Waals surface area contributed by atoms with Gasteiger partial charge in [0.25, 0.3) is 0 Å². The normalized spacial score (nSPS) is 25.4. The molecule has 2 aliphatic rings. The topological polar surface area (TPSA) is 67.3 Å². The molecular formula is C14H19BrN4O2. The molecule has 1 aromatic rings. The quantitative estimate of drug-likeness (QED) is 0.901. The van der Waals surface area contributed by atoms with Gasteiger partial charge >= 0.3 is 0 Å². The molecule has 0 atom stereocenters. The van der Waals surface area contributed by atoms with Gasteiger partial charge in [0, 0.05) is 13.7 Å². The van der Waals surface area contributed by atoms with Crippen LogP contribution in [0.1, 0.15) is 25.7 Å². The highest BCUT2D eigenvalue weighted by atomic mass is 79.9. The molecule has 0 spiro atoms. The molecule has 0 aromatic carbocycles. The lowest BCUT2D eigenvalue weighted by molar-refractivity contribution is -0.117. The Labute approximate surface area is 132 Å². The van der Waals surface area contributed by atoms with Crippen LogP contribution in [0.4, 0.5) is 11.6 Å². The van der Waals surface area contributed by atoms with Crippen molar-refractivity contribution in [1.29, 1.82) is 0 Å². The maximum Gasteiger partial charge on any atom is 0.247 e. The molecule has 0 unspecified atom stereocenters. The fraction of sp³-hybridized carbons (Fsp3) is 0.643. The van der Waals surface area contributed by atoms with Gasteiger partial charge in [-0.25, -0.2) is 9.97 Å². The largest absolute Gasteiger partial charge is 0.381 e. The van der Waals surface area contributed by atoms with Crippen LogP contribution in [0.5, 0.6) is 0 Å². The molecule has 1 N–H and O–H groups in total. The summed E-state index contributed by atoms with van der Waals surface area (Å²) in [5.74, 6) is 1.88. The molecule has 3 rings (SSSR count). The number of hydrogen-bond acceptors (Lipinski definition) is 5. The van der Waals surface area contributed by atoms with E-state index in [2.05, 4.69) is 31.2 Å². The third-order valence-corrected chi connectivity index (χ3v) is 4.64. The van der Waals surface area contributed by atoms with Crippen LogP contribution in [-0.2, 0) is 9.53 Å². The summed E-state index contributed by atoms with van der Waals surface area (Å²) in [5, 5.41) is 3.02. The van der Waals surface area contributed by atoms with Crippen molar-refractivity contribution in [2.75, 3.05) is 30.4 Å². The summed E-state index contributed by atoms with van der Waals surface area (Å²) in [7, 11) is 1.77. The first-order valence-electron chi connectivity index (χ1n) is 7.27. The lowest BCUT2D eigenvalue weighted by Crippen LogP contribution is -2.44. The zero-order chi connectivity index (χ0) is 14.8. The van der Waals surface area contributed by atoms with E-state index in [1.165, 1.54) is 0 Å². The van der Waals surface area contributed by atoms with Crippen LogP contribution in [0, 0.1) is 5.92 Å². The molecule has 2 heterocycles. The number of nitrogens with zero attached hydrogens (tertiary/aromatic N) is 3. The van der Waals surface area contributed by atoms with Gasteiger partial charge < -0.3 is 10.1 Å². The van der Waals surface area contributed by atoms with Crippen molar-refractivity contribution < 1.29 is 9.53 Å². The Kier molecular flexibility index (Phi) is 4.40.